The van der Waals surface area contributed by atoms with Gasteiger partial charge in [-0.1, -0.05) is 146 Å². The number of ether oxygens (including phenoxy) is 2. The van der Waals surface area contributed by atoms with E-state index < -0.39 is 13.9 Å². The molecule has 8 nitrogen and oxygen atoms in total. The molecule has 2 unspecified atom stereocenters. The third-order valence-corrected chi connectivity index (χ3v) is 9.70. The quantitative estimate of drug-likeness (QED) is 0.0275. The van der Waals surface area contributed by atoms with E-state index >= 15 is 0 Å². The lowest BCUT2D eigenvalue weighted by Gasteiger charge is -2.20. The molecule has 0 aromatic heterocycles. The number of phosphoric ester groups is 1. The molecule has 0 aliphatic carbocycles. The lowest BCUT2D eigenvalue weighted by Crippen LogP contribution is -2.28. The number of phosphoric acid groups is 1. The van der Waals surface area contributed by atoms with Gasteiger partial charge in [0.25, 0.3) is 0 Å². The van der Waals surface area contributed by atoms with Crippen LogP contribution < -0.4 is 5.73 Å². The summed E-state index contributed by atoms with van der Waals surface area (Å²) in [6, 6.07) is 0. The van der Waals surface area contributed by atoms with Crippen LogP contribution in [0.25, 0.3) is 0 Å². The minimum atomic E-state index is -4.28. The highest BCUT2D eigenvalue weighted by Gasteiger charge is 2.25. The number of carbonyl (C=O) groups is 1. The first-order valence-electron chi connectivity index (χ1n) is 21.1. The van der Waals surface area contributed by atoms with Crippen molar-refractivity contribution in [2.75, 3.05) is 33.0 Å². The number of esters is 1. The van der Waals surface area contributed by atoms with Crippen molar-refractivity contribution in [1.82, 2.24) is 0 Å². The van der Waals surface area contributed by atoms with Gasteiger partial charge in [0.1, 0.15) is 6.10 Å². The lowest BCUT2D eigenvalue weighted by molar-refractivity contribution is -0.154. The van der Waals surface area contributed by atoms with Crippen molar-refractivity contribution in [3.05, 3.63) is 48.6 Å². The average Bonchev–Trinajstić information content (AvgIpc) is 3.13. The second-order valence-corrected chi connectivity index (χ2v) is 15.3. The average molecular weight is 754 g/mol. The Bertz CT molecular complexity index is 936. The normalized spacial score (nSPS) is 14.0. The van der Waals surface area contributed by atoms with Crippen molar-refractivity contribution < 1.29 is 32.8 Å². The third kappa shape index (κ3) is 39.7. The van der Waals surface area contributed by atoms with Crippen molar-refractivity contribution >= 4 is 13.8 Å². The molecule has 0 amide bonds. The highest BCUT2D eigenvalue weighted by atomic mass is 31.2. The summed E-state index contributed by atoms with van der Waals surface area (Å²) in [5, 5.41) is 0. The van der Waals surface area contributed by atoms with Gasteiger partial charge < -0.3 is 20.1 Å². The monoisotopic (exact) mass is 754 g/mol. The Morgan fingerprint density at radius 1 is 0.577 bits per heavy atom. The van der Waals surface area contributed by atoms with Crippen LogP contribution in [0.1, 0.15) is 181 Å². The van der Waals surface area contributed by atoms with E-state index in [0.717, 1.165) is 77.0 Å². The van der Waals surface area contributed by atoms with Crippen LogP contribution >= 0.6 is 7.82 Å². The molecule has 0 aromatic rings. The van der Waals surface area contributed by atoms with Crippen LogP contribution in [0.3, 0.4) is 0 Å². The van der Waals surface area contributed by atoms with Gasteiger partial charge in [-0.2, -0.15) is 0 Å². The van der Waals surface area contributed by atoms with Crippen LogP contribution in [0, 0.1) is 0 Å². The molecular formula is C43H80NO7P. The van der Waals surface area contributed by atoms with Gasteiger partial charge in [0.15, 0.2) is 0 Å². The summed E-state index contributed by atoms with van der Waals surface area (Å²) in [6.07, 6.45) is 46.9. The SMILES string of the molecule is CCCCCC/C=C\C/C=C\CCCCCCCCOCC(COP(=O)(O)OCCN)OC(=O)CCCCCCC/C=C\C/C=C\CCCCCC. The van der Waals surface area contributed by atoms with E-state index in [0.29, 0.717) is 13.0 Å². The summed E-state index contributed by atoms with van der Waals surface area (Å²) in [4.78, 5) is 22.4. The Hall–Kier alpha value is -1.54. The predicted molar refractivity (Wildman–Crippen MR) is 219 cm³/mol. The molecule has 0 aromatic carbocycles. The fourth-order valence-corrected chi connectivity index (χ4v) is 6.35. The first kappa shape index (κ1) is 50.5. The van der Waals surface area contributed by atoms with Crippen LogP contribution in [-0.2, 0) is 27.9 Å². The number of hydrogen-bond acceptors (Lipinski definition) is 7. The van der Waals surface area contributed by atoms with E-state index in [9.17, 15) is 14.3 Å². The van der Waals surface area contributed by atoms with E-state index in [4.69, 9.17) is 24.3 Å². The zero-order chi connectivity index (χ0) is 38.1. The number of unbranched alkanes of at least 4 members (excludes halogenated alkanes) is 19. The molecule has 0 rings (SSSR count). The Kier molecular flexibility index (Phi) is 39.4. The summed E-state index contributed by atoms with van der Waals surface area (Å²) >= 11 is 0. The van der Waals surface area contributed by atoms with Crippen molar-refractivity contribution in [3.63, 3.8) is 0 Å². The van der Waals surface area contributed by atoms with Crippen molar-refractivity contribution in [3.8, 4) is 0 Å². The maximum Gasteiger partial charge on any atom is 0.472 e. The molecule has 0 saturated carbocycles. The van der Waals surface area contributed by atoms with E-state index in [1.54, 1.807) is 0 Å². The van der Waals surface area contributed by atoms with Crippen LogP contribution in [-0.4, -0.2) is 49.9 Å². The van der Waals surface area contributed by atoms with Gasteiger partial charge in [-0.25, -0.2) is 4.57 Å². The van der Waals surface area contributed by atoms with Crippen LogP contribution in [0.15, 0.2) is 48.6 Å². The van der Waals surface area contributed by atoms with Crippen LogP contribution in [0.4, 0.5) is 0 Å². The van der Waals surface area contributed by atoms with Crippen molar-refractivity contribution in [1.29, 1.82) is 0 Å². The summed E-state index contributed by atoms with van der Waals surface area (Å²) in [5.41, 5.74) is 5.36. The minimum Gasteiger partial charge on any atom is -0.457 e. The van der Waals surface area contributed by atoms with Crippen LogP contribution in [0.5, 0.6) is 0 Å². The second kappa shape index (κ2) is 40.6. The third-order valence-electron chi connectivity index (χ3n) is 8.72. The Morgan fingerprint density at radius 3 is 1.50 bits per heavy atom. The molecule has 2 atom stereocenters. The smallest absolute Gasteiger partial charge is 0.457 e. The number of nitrogens with two attached hydrogens (primary N) is 1. The number of rotatable bonds is 40. The Balaban J connectivity index is 4.10. The van der Waals surface area contributed by atoms with Gasteiger partial charge in [-0.3, -0.25) is 13.8 Å². The second-order valence-electron chi connectivity index (χ2n) is 13.8. The minimum absolute atomic E-state index is 0.0945. The fraction of sp³-hybridized carbons (Fsp3) is 0.791. The van der Waals surface area contributed by atoms with Gasteiger partial charge in [0.2, 0.25) is 0 Å². The van der Waals surface area contributed by atoms with Crippen LogP contribution in [0.2, 0.25) is 0 Å². The van der Waals surface area contributed by atoms with Gasteiger partial charge in [0.05, 0.1) is 19.8 Å². The number of hydrogen-bond donors (Lipinski definition) is 2. The summed E-state index contributed by atoms with van der Waals surface area (Å²) < 4.78 is 33.4. The first-order chi connectivity index (χ1) is 25.4. The largest absolute Gasteiger partial charge is 0.472 e. The predicted octanol–water partition coefficient (Wildman–Crippen LogP) is 12.4. The molecule has 0 radical (unpaired) electrons. The maximum absolute atomic E-state index is 12.6. The summed E-state index contributed by atoms with van der Waals surface area (Å²) in [7, 11) is -4.28. The fourth-order valence-electron chi connectivity index (χ4n) is 5.59. The van der Waals surface area contributed by atoms with Gasteiger partial charge in [-0.15, -0.1) is 0 Å². The first-order valence-corrected chi connectivity index (χ1v) is 22.6. The highest BCUT2D eigenvalue weighted by Crippen LogP contribution is 2.43. The molecule has 0 fully saturated rings. The van der Waals surface area contributed by atoms with E-state index in [-0.39, 0.29) is 32.3 Å². The number of allylic oxidation sites excluding steroid dienone is 8. The van der Waals surface area contributed by atoms with Crippen molar-refractivity contribution in [2.45, 2.75) is 187 Å². The highest BCUT2D eigenvalue weighted by molar-refractivity contribution is 7.47. The molecule has 0 aliphatic rings. The van der Waals surface area contributed by atoms with E-state index in [2.05, 4.69) is 62.5 Å². The molecule has 0 spiro atoms. The standard InChI is InChI=1S/C43H80NO7P/c1-3-5-7-9-11-13-15-17-19-21-23-25-27-29-31-33-35-38-48-40-42(41-50-52(46,47)49-39-37-44)51-43(45)36-34-32-30-28-26-24-22-20-18-16-14-12-10-8-6-4-2/h13-16,19-22,42H,3-12,17-18,23-41,44H2,1-2H3,(H,46,47)/b15-13-,16-14-,21-19-,22-20-. The summed E-state index contributed by atoms with van der Waals surface area (Å²) in [5.74, 6) is -0.349. The number of carbonyl (C=O) groups excluding carboxylic acids is 1. The molecule has 0 heterocycles. The Labute approximate surface area is 320 Å². The van der Waals surface area contributed by atoms with Gasteiger partial charge in [-0.05, 0) is 77.0 Å². The molecular weight excluding hydrogens is 673 g/mol. The van der Waals surface area contributed by atoms with E-state index in [1.807, 2.05) is 0 Å². The Morgan fingerprint density at radius 2 is 1.02 bits per heavy atom. The summed E-state index contributed by atoms with van der Waals surface area (Å²) in [6.45, 7) is 4.84. The van der Waals surface area contributed by atoms with Gasteiger partial charge in [0, 0.05) is 19.6 Å². The molecule has 0 bridgehead atoms. The molecule has 52 heavy (non-hydrogen) atoms. The zero-order valence-electron chi connectivity index (χ0n) is 33.5. The molecule has 0 saturated heterocycles. The topological polar surface area (TPSA) is 117 Å². The van der Waals surface area contributed by atoms with Crippen molar-refractivity contribution in [2.24, 2.45) is 5.73 Å². The molecule has 304 valence electrons. The van der Waals surface area contributed by atoms with Gasteiger partial charge >= 0.3 is 13.8 Å². The van der Waals surface area contributed by atoms with E-state index in [1.165, 1.54) is 83.5 Å². The maximum atomic E-state index is 12.6. The molecule has 9 heteroatoms. The lowest BCUT2D eigenvalue weighted by atomic mass is 10.1. The molecule has 0 aliphatic heterocycles. The molecule has 3 N–H and O–H groups in total. The zero-order valence-corrected chi connectivity index (χ0v) is 34.4.